The number of nitriles is 1. The molecule has 1 fully saturated rings. The number of carbonyl (C=O) groups is 1. The van der Waals surface area contributed by atoms with Crippen LogP contribution in [-0.2, 0) is 6.54 Å². The summed E-state index contributed by atoms with van der Waals surface area (Å²) in [6.45, 7) is 0.376. The van der Waals surface area contributed by atoms with Gasteiger partial charge in [0.15, 0.2) is 0 Å². The zero-order valence-corrected chi connectivity index (χ0v) is 13.1. The van der Waals surface area contributed by atoms with Crippen LogP contribution in [-0.4, -0.2) is 15.5 Å². The van der Waals surface area contributed by atoms with Gasteiger partial charge in [-0.05, 0) is 43.2 Å². The normalized spacial score (nSPS) is 13.6. The predicted octanol–water partition coefficient (Wildman–Crippen LogP) is 3.17. The average molecular weight is 316 g/mol. The fraction of sp³-hybridized carbons (Fsp3) is 0.211. The highest BCUT2D eigenvalue weighted by Gasteiger charge is 2.28. The monoisotopic (exact) mass is 316 g/mol. The van der Waals surface area contributed by atoms with Gasteiger partial charge in [-0.15, -0.1) is 0 Å². The molecule has 1 aromatic heterocycles. The van der Waals surface area contributed by atoms with Crippen molar-refractivity contribution in [1.29, 1.82) is 5.26 Å². The van der Waals surface area contributed by atoms with E-state index in [2.05, 4.69) is 20.9 Å². The van der Waals surface area contributed by atoms with Gasteiger partial charge in [0.1, 0.15) is 5.82 Å². The molecular formula is C19H16N4O. The highest BCUT2D eigenvalue weighted by Crippen LogP contribution is 2.38. The van der Waals surface area contributed by atoms with Crippen LogP contribution in [0.1, 0.15) is 40.6 Å². The summed E-state index contributed by atoms with van der Waals surface area (Å²) in [5.74, 6) is 0.685. The Morgan fingerprint density at radius 2 is 2.08 bits per heavy atom. The highest BCUT2D eigenvalue weighted by molar-refractivity contribution is 5.94. The van der Waals surface area contributed by atoms with Gasteiger partial charge in [0.25, 0.3) is 5.91 Å². The van der Waals surface area contributed by atoms with Gasteiger partial charge in [0, 0.05) is 11.6 Å². The summed E-state index contributed by atoms with van der Waals surface area (Å²) in [7, 11) is 0. The molecule has 0 aliphatic heterocycles. The molecule has 0 radical (unpaired) electrons. The van der Waals surface area contributed by atoms with Gasteiger partial charge in [-0.1, -0.05) is 18.2 Å². The Hall–Kier alpha value is -3.13. The Kier molecular flexibility index (Phi) is 3.51. The van der Waals surface area contributed by atoms with E-state index in [0.717, 1.165) is 29.7 Å². The van der Waals surface area contributed by atoms with Crippen molar-refractivity contribution in [2.45, 2.75) is 25.4 Å². The quantitative estimate of drug-likeness (QED) is 0.803. The largest absolute Gasteiger partial charge is 0.345 e. The van der Waals surface area contributed by atoms with Crippen LogP contribution >= 0.6 is 0 Å². The number of amides is 1. The van der Waals surface area contributed by atoms with Crippen LogP contribution in [0.2, 0.25) is 0 Å². The minimum atomic E-state index is -0.193. The standard InChI is InChI=1S/C19H16N4O/c20-11-13-4-3-5-14(10-13)19(24)21-12-18-22-16-6-1-2-7-17(16)23(18)15-8-9-15/h1-7,10,15H,8-9,12H2,(H,21,24). The second-order valence-corrected chi connectivity index (χ2v) is 5.99. The zero-order valence-electron chi connectivity index (χ0n) is 13.1. The number of nitrogens with one attached hydrogen (secondary N) is 1. The van der Waals surface area contributed by atoms with E-state index in [1.54, 1.807) is 24.3 Å². The van der Waals surface area contributed by atoms with Gasteiger partial charge < -0.3 is 9.88 Å². The Labute approximate surface area is 139 Å². The van der Waals surface area contributed by atoms with Gasteiger partial charge in [0.2, 0.25) is 0 Å². The van der Waals surface area contributed by atoms with Crippen LogP contribution < -0.4 is 5.32 Å². The Balaban J connectivity index is 1.57. The number of para-hydroxylation sites is 2. The first kappa shape index (κ1) is 14.5. The van der Waals surface area contributed by atoms with Crippen LogP contribution in [0, 0.1) is 11.3 Å². The van der Waals surface area contributed by atoms with Gasteiger partial charge in [0.05, 0.1) is 29.2 Å². The molecule has 4 rings (SSSR count). The molecule has 2 aromatic carbocycles. The summed E-state index contributed by atoms with van der Waals surface area (Å²) < 4.78 is 2.24. The molecule has 0 spiro atoms. The molecule has 24 heavy (non-hydrogen) atoms. The zero-order chi connectivity index (χ0) is 16.5. The number of nitrogens with zero attached hydrogens (tertiary/aromatic N) is 3. The molecule has 0 saturated heterocycles. The third-order valence-electron chi connectivity index (χ3n) is 4.24. The van der Waals surface area contributed by atoms with E-state index in [9.17, 15) is 4.79 Å². The molecule has 5 heteroatoms. The summed E-state index contributed by atoms with van der Waals surface area (Å²) in [4.78, 5) is 17.0. The summed E-state index contributed by atoms with van der Waals surface area (Å²) >= 11 is 0. The first-order chi connectivity index (χ1) is 11.8. The summed E-state index contributed by atoms with van der Waals surface area (Å²) in [5.41, 5.74) is 3.05. The molecular weight excluding hydrogens is 300 g/mol. The highest BCUT2D eigenvalue weighted by atomic mass is 16.1. The molecule has 1 N–H and O–H groups in total. The van der Waals surface area contributed by atoms with Crippen LogP contribution in [0.15, 0.2) is 48.5 Å². The third kappa shape index (κ3) is 2.63. The fourth-order valence-electron chi connectivity index (χ4n) is 2.95. The van der Waals surface area contributed by atoms with Crippen LogP contribution in [0.4, 0.5) is 0 Å². The van der Waals surface area contributed by atoms with Gasteiger partial charge in [-0.2, -0.15) is 5.26 Å². The van der Waals surface area contributed by atoms with E-state index < -0.39 is 0 Å². The molecule has 1 aliphatic carbocycles. The molecule has 1 heterocycles. The molecule has 118 valence electrons. The van der Waals surface area contributed by atoms with Crippen molar-refractivity contribution in [1.82, 2.24) is 14.9 Å². The number of hydrogen-bond donors (Lipinski definition) is 1. The van der Waals surface area contributed by atoms with Crippen molar-refractivity contribution in [2.75, 3.05) is 0 Å². The van der Waals surface area contributed by atoms with E-state index in [1.165, 1.54) is 0 Å². The third-order valence-corrected chi connectivity index (χ3v) is 4.24. The molecule has 1 saturated carbocycles. The van der Waals surface area contributed by atoms with Gasteiger partial charge in [-0.3, -0.25) is 4.79 Å². The summed E-state index contributed by atoms with van der Waals surface area (Å²) in [5, 5.41) is 11.9. The van der Waals surface area contributed by atoms with E-state index in [4.69, 9.17) is 5.26 Å². The SMILES string of the molecule is N#Cc1cccc(C(=O)NCc2nc3ccccc3n2C2CC2)c1. The van der Waals surface area contributed by atoms with Crippen LogP contribution in [0.5, 0.6) is 0 Å². The van der Waals surface area contributed by atoms with E-state index in [1.807, 2.05) is 24.3 Å². The maximum atomic E-state index is 12.3. The lowest BCUT2D eigenvalue weighted by atomic mass is 10.1. The molecule has 0 atom stereocenters. The lowest BCUT2D eigenvalue weighted by Gasteiger charge is -2.09. The van der Waals surface area contributed by atoms with Crippen molar-refractivity contribution in [3.8, 4) is 6.07 Å². The molecule has 0 unspecified atom stereocenters. The number of hydrogen-bond acceptors (Lipinski definition) is 3. The topological polar surface area (TPSA) is 70.7 Å². The first-order valence-electron chi connectivity index (χ1n) is 8.00. The maximum absolute atomic E-state index is 12.3. The minimum Gasteiger partial charge on any atom is -0.345 e. The van der Waals surface area contributed by atoms with Crippen LogP contribution in [0.25, 0.3) is 11.0 Å². The number of carbonyl (C=O) groups excluding carboxylic acids is 1. The number of rotatable bonds is 4. The molecule has 3 aromatic rings. The number of fused-ring (bicyclic) bond motifs is 1. The van der Waals surface area contributed by atoms with Crippen molar-refractivity contribution < 1.29 is 4.79 Å². The lowest BCUT2D eigenvalue weighted by Crippen LogP contribution is -2.24. The Bertz CT molecular complexity index is 963. The number of aromatic nitrogens is 2. The van der Waals surface area contributed by atoms with E-state index >= 15 is 0 Å². The van der Waals surface area contributed by atoms with Crippen LogP contribution in [0.3, 0.4) is 0 Å². The van der Waals surface area contributed by atoms with Gasteiger partial charge >= 0.3 is 0 Å². The maximum Gasteiger partial charge on any atom is 0.251 e. The second kappa shape index (κ2) is 5.82. The Morgan fingerprint density at radius 1 is 1.25 bits per heavy atom. The summed E-state index contributed by atoms with van der Waals surface area (Å²) in [6.07, 6.45) is 2.32. The molecule has 1 amide bonds. The van der Waals surface area contributed by atoms with E-state index in [-0.39, 0.29) is 5.91 Å². The van der Waals surface area contributed by atoms with E-state index in [0.29, 0.717) is 23.7 Å². The number of benzene rings is 2. The molecule has 1 aliphatic rings. The second-order valence-electron chi connectivity index (χ2n) is 5.99. The van der Waals surface area contributed by atoms with Crippen molar-refractivity contribution in [2.24, 2.45) is 0 Å². The smallest absolute Gasteiger partial charge is 0.251 e. The average Bonchev–Trinajstić information content (AvgIpc) is 3.39. The summed E-state index contributed by atoms with van der Waals surface area (Å²) in [6, 6.07) is 17.3. The van der Waals surface area contributed by atoms with Crippen molar-refractivity contribution in [3.63, 3.8) is 0 Å². The molecule has 0 bridgehead atoms. The number of imidazole rings is 1. The van der Waals surface area contributed by atoms with Crippen molar-refractivity contribution >= 4 is 16.9 Å². The Morgan fingerprint density at radius 3 is 2.88 bits per heavy atom. The predicted molar refractivity (Wildman–Crippen MR) is 90.3 cm³/mol. The lowest BCUT2D eigenvalue weighted by molar-refractivity contribution is 0.0949. The minimum absolute atomic E-state index is 0.193. The first-order valence-corrected chi connectivity index (χ1v) is 8.00. The van der Waals surface area contributed by atoms with Crippen molar-refractivity contribution in [3.05, 3.63) is 65.5 Å². The van der Waals surface area contributed by atoms with Gasteiger partial charge in [-0.25, -0.2) is 4.98 Å². The fourth-order valence-corrected chi connectivity index (χ4v) is 2.95. The molecule has 5 nitrogen and oxygen atoms in total.